The van der Waals surface area contributed by atoms with Gasteiger partial charge in [0.05, 0.1) is 13.2 Å². The highest BCUT2D eigenvalue weighted by Gasteiger charge is 2.04. The molecule has 1 aromatic rings. The summed E-state index contributed by atoms with van der Waals surface area (Å²) in [4.78, 5) is 13.0. The first-order valence-electron chi connectivity index (χ1n) is 6.16. The van der Waals surface area contributed by atoms with Gasteiger partial charge >= 0.3 is 0 Å². The van der Waals surface area contributed by atoms with Gasteiger partial charge in [-0.25, -0.2) is 0 Å². The summed E-state index contributed by atoms with van der Waals surface area (Å²) in [6.07, 6.45) is 0. The Bertz CT molecular complexity index is 389. The molecular formula is C14H22N2O2. The Morgan fingerprint density at radius 1 is 1.39 bits per heavy atom. The Morgan fingerprint density at radius 2 is 2.11 bits per heavy atom. The fraction of sp³-hybridized carbons (Fsp3) is 0.500. The van der Waals surface area contributed by atoms with E-state index in [9.17, 15) is 4.79 Å². The smallest absolute Gasteiger partial charge is 0.241 e. The summed E-state index contributed by atoms with van der Waals surface area (Å²) in [5.41, 5.74) is 0.895. The molecule has 0 heterocycles. The van der Waals surface area contributed by atoms with E-state index in [-0.39, 0.29) is 5.91 Å². The van der Waals surface area contributed by atoms with E-state index in [4.69, 9.17) is 4.74 Å². The van der Waals surface area contributed by atoms with E-state index in [1.165, 1.54) is 0 Å². The van der Waals surface area contributed by atoms with Gasteiger partial charge in [0.15, 0.2) is 0 Å². The first-order chi connectivity index (χ1) is 8.49. The highest BCUT2D eigenvalue weighted by molar-refractivity contribution is 5.80. The van der Waals surface area contributed by atoms with Crippen molar-refractivity contribution >= 4 is 11.6 Å². The third-order valence-corrected chi connectivity index (χ3v) is 2.36. The van der Waals surface area contributed by atoms with Gasteiger partial charge in [-0.2, -0.15) is 0 Å². The highest BCUT2D eigenvalue weighted by atomic mass is 16.5. The number of hydrogen-bond donors (Lipinski definition) is 1. The van der Waals surface area contributed by atoms with Crippen molar-refractivity contribution in [2.24, 2.45) is 5.92 Å². The van der Waals surface area contributed by atoms with E-state index >= 15 is 0 Å². The van der Waals surface area contributed by atoms with E-state index in [2.05, 4.69) is 19.2 Å². The number of likely N-dealkylation sites (N-methyl/N-ethyl adjacent to an activating group) is 1. The van der Waals surface area contributed by atoms with Crippen LogP contribution >= 0.6 is 0 Å². The van der Waals surface area contributed by atoms with Crippen molar-refractivity contribution < 1.29 is 9.53 Å². The standard InChI is InChI=1S/C14H22N2O2/c1-11(2)10-18-13-7-5-6-12(8-13)15-9-14(17)16(3)4/h5-8,11,15H,9-10H2,1-4H3. The number of nitrogens with one attached hydrogen (secondary N) is 1. The number of carbonyl (C=O) groups excluding carboxylic acids is 1. The average molecular weight is 250 g/mol. The van der Waals surface area contributed by atoms with Crippen LogP contribution < -0.4 is 10.1 Å². The number of anilines is 1. The van der Waals surface area contributed by atoms with Gasteiger partial charge in [-0.1, -0.05) is 19.9 Å². The SMILES string of the molecule is CC(C)COc1cccc(NCC(=O)N(C)C)c1. The lowest BCUT2D eigenvalue weighted by atomic mass is 10.2. The maximum Gasteiger partial charge on any atom is 0.241 e. The lowest BCUT2D eigenvalue weighted by molar-refractivity contribution is -0.126. The molecule has 0 atom stereocenters. The van der Waals surface area contributed by atoms with Gasteiger partial charge in [-0.3, -0.25) is 4.79 Å². The van der Waals surface area contributed by atoms with E-state index < -0.39 is 0 Å². The van der Waals surface area contributed by atoms with Crippen LogP contribution in [0.4, 0.5) is 5.69 Å². The molecule has 0 aromatic heterocycles. The molecule has 0 saturated heterocycles. The van der Waals surface area contributed by atoms with Crippen molar-refractivity contribution in [3.8, 4) is 5.75 Å². The summed E-state index contributed by atoms with van der Waals surface area (Å²) in [5, 5.41) is 3.08. The number of amides is 1. The number of rotatable bonds is 6. The maximum absolute atomic E-state index is 11.4. The Morgan fingerprint density at radius 3 is 2.72 bits per heavy atom. The van der Waals surface area contributed by atoms with Crippen molar-refractivity contribution in [1.29, 1.82) is 0 Å². The van der Waals surface area contributed by atoms with Crippen LogP contribution in [0.15, 0.2) is 24.3 Å². The number of carbonyl (C=O) groups is 1. The first kappa shape index (κ1) is 14.4. The average Bonchev–Trinajstić information content (AvgIpc) is 2.33. The van der Waals surface area contributed by atoms with Crippen molar-refractivity contribution in [2.75, 3.05) is 32.6 Å². The molecule has 4 nitrogen and oxygen atoms in total. The first-order valence-corrected chi connectivity index (χ1v) is 6.16. The molecule has 0 bridgehead atoms. The minimum Gasteiger partial charge on any atom is -0.493 e. The van der Waals surface area contributed by atoms with Crippen LogP contribution in [0.25, 0.3) is 0 Å². The quantitative estimate of drug-likeness (QED) is 0.841. The van der Waals surface area contributed by atoms with Crippen LogP contribution in [0.1, 0.15) is 13.8 Å². The molecule has 18 heavy (non-hydrogen) atoms. The molecule has 1 amide bonds. The van der Waals surface area contributed by atoms with Crippen LogP contribution in [-0.2, 0) is 4.79 Å². The third-order valence-electron chi connectivity index (χ3n) is 2.36. The van der Waals surface area contributed by atoms with Crippen LogP contribution in [0.5, 0.6) is 5.75 Å². The van der Waals surface area contributed by atoms with Crippen molar-refractivity contribution in [2.45, 2.75) is 13.8 Å². The molecule has 0 radical (unpaired) electrons. The summed E-state index contributed by atoms with van der Waals surface area (Å²) in [6.45, 7) is 5.20. The van der Waals surface area contributed by atoms with Gasteiger partial charge in [0.2, 0.25) is 5.91 Å². The second kappa shape index (κ2) is 6.89. The molecule has 0 aliphatic rings. The van der Waals surface area contributed by atoms with Gasteiger partial charge in [0, 0.05) is 25.8 Å². The van der Waals surface area contributed by atoms with Crippen molar-refractivity contribution in [3.63, 3.8) is 0 Å². The van der Waals surface area contributed by atoms with Crippen LogP contribution in [0.2, 0.25) is 0 Å². The van der Waals surface area contributed by atoms with Crippen LogP contribution in [0.3, 0.4) is 0 Å². The zero-order valence-corrected chi connectivity index (χ0v) is 11.6. The van der Waals surface area contributed by atoms with Crippen LogP contribution in [0, 0.1) is 5.92 Å². The third kappa shape index (κ3) is 5.08. The summed E-state index contributed by atoms with van der Waals surface area (Å²) in [5.74, 6) is 1.37. The summed E-state index contributed by atoms with van der Waals surface area (Å²) in [6, 6.07) is 7.66. The Hall–Kier alpha value is -1.71. The number of hydrogen-bond acceptors (Lipinski definition) is 3. The molecule has 0 unspecified atom stereocenters. The normalized spacial score (nSPS) is 10.3. The summed E-state index contributed by atoms with van der Waals surface area (Å²) < 4.78 is 5.63. The molecule has 0 fully saturated rings. The molecular weight excluding hydrogens is 228 g/mol. The Kier molecular flexibility index (Phi) is 5.49. The summed E-state index contributed by atoms with van der Waals surface area (Å²) >= 11 is 0. The predicted molar refractivity (Wildman–Crippen MR) is 74.0 cm³/mol. The van der Waals surface area contributed by atoms with Gasteiger partial charge in [-0.15, -0.1) is 0 Å². The minimum absolute atomic E-state index is 0.0449. The zero-order valence-electron chi connectivity index (χ0n) is 11.6. The lowest BCUT2D eigenvalue weighted by Gasteiger charge is -2.13. The van der Waals surface area contributed by atoms with E-state index in [1.54, 1.807) is 19.0 Å². The highest BCUT2D eigenvalue weighted by Crippen LogP contribution is 2.17. The molecule has 0 aliphatic carbocycles. The second-order valence-corrected chi connectivity index (χ2v) is 4.87. The van der Waals surface area contributed by atoms with E-state index in [0.717, 1.165) is 11.4 Å². The Labute approximate surface area is 109 Å². The molecule has 100 valence electrons. The molecule has 1 aromatic carbocycles. The fourth-order valence-corrected chi connectivity index (χ4v) is 1.29. The molecule has 1 N–H and O–H groups in total. The minimum atomic E-state index is 0.0449. The number of ether oxygens (including phenoxy) is 1. The topological polar surface area (TPSA) is 41.6 Å². The zero-order chi connectivity index (χ0) is 13.5. The maximum atomic E-state index is 11.4. The lowest BCUT2D eigenvalue weighted by Crippen LogP contribution is -2.28. The van der Waals surface area contributed by atoms with Crippen molar-refractivity contribution in [3.05, 3.63) is 24.3 Å². The van der Waals surface area contributed by atoms with Crippen molar-refractivity contribution in [1.82, 2.24) is 4.90 Å². The predicted octanol–water partition coefficient (Wildman–Crippen LogP) is 2.22. The molecule has 1 rings (SSSR count). The molecule has 0 spiro atoms. The number of benzene rings is 1. The Balaban J connectivity index is 2.51. The largest absolute Gasteiger partial charge is 0.493 e. The van der Waals surface area contributed by atoms with Crippen LogP contribution in [-0.4, -0.2) is 38.1 Å². The van der Waals surface area contributed by atoms with Gasteiger partial charge in [-0.05, 0) is 18.1 Å². The summed E-state index contributed by atoms with van der Waals surface area (Å²) in [7, 11) is 3.48. The van der Waals surface area contributed by atoms with E-state index in [0.29, 0.717) is 19.1 Å². The molecule has 0 saturated carbocycles. The fourth-order valence-electron chi connectivity index (χ4n) is 1.29. The second-order valence-electron chi connectivity index (χ2n) is 4.87. The monoisotopic (exact) mass is 250 g/mol. The molecule has 4 heteroatoms. The number of nitrogens with zero attached hydrogens (tertiary/aromatic N) is 1. The van der Waals surface area contributed by atoms with Gasteiger partial charge in [0.1, 0.15) is 5.75 Å². The van der Waals surface area contributed by atoms with Gasteiger partial charge in [0.25, 0.3) is 0 Å². The van der Waals surface area contributed by atoms with Gasteiger partial charge < -0.3 is 15.0 Å². The van der Waals surface area contributed by atoms with E-state index in [1.807, 2.05) is 24.3 Å². The molecule has 0 aliphatic heterocycles.